The first-order chi connectivity index (χ1) is 15.5. The molecule has 1 aromatic heterocycles. The highest BCUT2D eigenvalue weighted by Crippen LogP contribution is 2.27. The second kappa shape index (κ2) is 9.59. The molecule has 0 radical (unpaired) electrons. The van der Waals surface area contributed by atoms with Gasteiger partial charge >= 0.3 is 0 Å². The van der Waals surface area contributed by atoms with Crippen LogP contribution < -0.4 is 15.0 Å². The van der Waals surface area contributed by atoms with Crippen LogP contribution in [0.1, 0.15) is 31.6 Å². The van der Waals surface area contributed by atoms with E-state index in [0.29, 0.717) is 43.2 Å². The summed E-state index contributed by atoms with van der Waals surface area (Å²) in [5.41, 5.74) is 1.40. The highest BCUT2D eigenvalue weighted by molar-refractivity contribution is 5.96. The molecule has 1 fully saturated rings. The fourth-order valence-corrected chi connectivity index (χ4v) is 3.54. The monoisotopic (exact) mass is 438 g/mol. The minimum atomic E-state index is -0.532. The number of methoxy groups -OCH3 is 1. The van der Waals surface area contributed by atoms with Crippen LogP contribution in [0, 0.1) is 5.82 Å². The molecule has 9 heteroatoms. The van der Waals surface area contributed by atoms with Crippen molar-refractivity contribution >= 4 is 23.2 Å². The number of nitrogens with one attached hydrogen (secondary N) is 1. The molecule has 3 aromatic rings. The van der Waals surface area contributed by atoms with E-state index >= 15 is 0 Å². The summed E-state index contributed by atoms with van der Waals surface area (Å²) in [5, 5.41) is 6.65. The quantitative estimate of drug-likeness (QED) is 0.572. The van der Waals surface area contributed by atoms with Crippen LogP contribution >= 0.6 is 0 Å². The Balaban J connectivity index is 1.27. The Kier molecular flexibility index (Phi) is 6.44. The van der Waals surface area contributed by atoms with Crippen molar-refractivity contribution in [3.63, 3.8) is 0 Å². The number of nitrogens with zero attached hydrogens (tertiary/aromatic N) is 3. The van der Waals surface area contributed by atoms with Crippen molar-refractivity contribution < 1.29 is 23.2 Å². The Morgan fingerprint density at radius 1 is 1.25 bits per heavy atom. The van der Waals surface area contributed by atoms with E-state index in [1.807, 2.05) is 24.3 Å². The summed E-state index contributed by atoms with van der Waals surface area (Å²) in [6, 6.07) is 11.7. The van der Waals surface area contributed by atoms with Crippen LogP contribution in [0.4, 0.5) is 15.8 Å². The summed E-state index contributed by atoms with van der Waals surface area (Å²) in [6.45, 7) is 0.511. The second-order valence-electron chi connectivity index (χ2n) is 7.46. The summed E-state index contributed by atoms with van der Waals surface area (Å²) in [6.07, 6.45) is 2.31. The van der Waals surface area contributed by atoms with Gasteiger partial charge in [-0.05, 0) is 55.3 Å². The van der Waals surface area contributed by atoms with E-state index in [1.54, 1.807) is 13.2 Å². The first-order valence-corrected chi connectivity index (χ1v) is 10.4. The van der Waals surface area contributed by atoms with E-state index in [2.05, 4.69) is 15.5 Å². The van der Waals surface area contributed by atoms with E-state index in [4.69, 9.17) is 9.26 Å². The highest BCUT2D eigenvalue weighted by Gasteiger charge is 2.24. The molecule has 1 N–H and O–H groups in total. The van der Waals surface area contributed by atoms with Gasteiger partial charge in [0.1, 0.15) is 11.6 Å². The summed E-state index contributed by atoms with van der Waals surface area (Å²) in [7, 11) is 1.60. The molecule has 166 valence electrons. The van der Waals surface area contributed by atoms with Gasteiger partial charge in [-0.3, -0.25) is 9.59 Å². The van der Waals surface area contributed by atoms with Crippen LogP contribution in [0.3, 0.4) is 0 Å². The average molecular weight is 438 g/mol. The third-order valence-electron chi connectivity index (χ3n) is 5.21. The molecule has 0 atom stereocenters. The largest absolute Gasteiger partial charge is 0.497 e. The summed E-state index contributed by atoms with van der Waals surface area (Å²) in [4.78, 5) is 29.8. The van der Waals surface area contributed by atoms with Gasteiger partial charge in [0.2, 0.25) is 23.5 Å². The Bertz CT molecular complexity index is 1110. The molecule has 1 aliphatic rings. The number of hydrogen-bond donors (Lipinski definition) is 1. The molecule has 4 rings (SSSR count). The zero-order chi connectivity index (χ0) is 22.5. The molecular formula is C23H23FN4O4. The van der Waals surface area contributed by atoms with Crippen molar-refractivity contribution in [1.29, 1.82) is 0 Å². The average Bonchev–Trinajstić information content (AvgIpc) is 3.43. The third kappa shape index (κ3) is 4.93. The molecule has 2 aromatic carbocycles. The zero-order valence-corrected chi connectivity index (χ0v) is 17.6. The molecule has 2 amide bonds. The van der Waals surface area contributed by atoms with E-state index in [0.717, 1.165) is 17.7 Å². The maximum atomic E-state index is 14.4. The lowest BCUT2D eigenvalue weighted by Gasteiger charge is -2.17. The number of carbonyl (C=O) groups is 2. The van der Waals surface area contributed by atoms with Gasteiger partial charge < -0.3 is 19.5 Å². The van der Waals surface area contributed by atoms with Crippen LogP contribution in [0.15, 0.2) is 47.0 Å². The van der Waals surface area contributed by atoms with Crippen molar-refractivity contribution in [2.75, 3.05) is 23.9 Å². The van der Waals surface area contributed by atoms with Gasteiger partial charge in [-0.25, -0.2) is 4.39 Å². The van der Waals surface area contributed by atoms with E-state index in [1.165, 1.54) is 17.0 Å². The number of ether oxygens (including phenoxy) is 1. The fraction of sp³-hybridized carbons (Fsp3) is 0.304. The minimum Gasteiger partial charge on any atom is -0.497 e. The Morgan fingerprint density at radius 3 is 2.75 bits per heavy atom. The number of hydrogen-bond acceptors (Lipinski definition) is 6. The summed E-state index contributed by atoms with van der Waals surface area (Å²) >= 11 is 0. The van der Waals surface area contributed by atoms with E-state index in [-0.39, 0.29) is 23.9 Å². The molecule has 1 saturated heterocycles. The molecule has 0 aliphatic carbocycles. The Hall–Kier alpha value is -3.75. The molecule has 8 nitrogen and oxygen atoms in total. The van der Waals surface area contributed by atoms with Gasteiger partial charge in [0.25, 0.3) is 0 Å². The van der Waals surface area contributed by atoms with Gasteiger partial charge in [0.15, 0.2) is 0 Å². The Labute approximate surface area is 184 Å². The van der Waals surface area contributed by atoms with Crippen molar-refractivity contribution in [3.05, 3.63) is 54.2 Å². The number of anilines is 2. The third-order valence-corrected chi connectivity index (χ3v) is 5.21. The molecule has 0 unspecified atom stereocenters. The molecule has 2 heterocycles. The predicted molar refractivity (Wildman–Crippen MR) is 116 cm³/mol. The van der Waals surface area contributed by atoms with Crippen molar-refractivity contribution in [2.24, 2.45) is 0 Å². The number of halogens is 1. The normalized spacial score (nSPS) is 13.4. The SMILES string of the molecule is COc1ccc(-c2noc(CCCC(=O)Nc3ccc(N4CCCC4=O)c(F)c3)n2)cc1. The van der Waals surface area contributed by atoms with Gasteiger partial charge in [-0.2, -0.15) is 4.98 Å². The molecule has 0 spiro atoms. The number of aryl methyl sites for hydroxylation is 1. The number of amides is 2. The minimum absolute atomic E-state index is 0.0862. The van der Waals surface area contributed by atoms with Crippen molar-refractivity contribution in [2.45, 2.75) is 32.1 Å². The molecule has 32 heavy (non-hydrogen) atoms. The highest BCUT2D eigenvalue weighted by atomic mass is 19.1. The lowest BCUT2D eigenvalue weighted by atomic mass is 10.2. The van der Waals surface area contributed by atoms with Crippen LogP contribution in [0.25, 0.3) is 11.4 Å². The van der Waals surface area contributed by atoms with Crippen LogP contribution in [0.5, 0.6) is 5.75 Å². The van der Waals surface area contributed by atoms with E-state index < -0.39 is 5.82 Å². The second-order valence-corrected chi connectivity index (χ2v) is 7.46. The first-order valence-electron chi connectivity index (χ1n) is 10.4. The van der Waals surface area contributed by atoms with Gasteiger partial charge in [0, 0.05) is 37.1 Å². The Morgan fingerprint density at radius 2 is 2.06 bits per heavy atom. The smallest absolute Gasteiger partial charge is 0.227 e. The lowest BCUT2D eigenvalue weighted by Crippen LogP contribution is -2.24. The van der Waals surface area contributed by atoms with Gasteiger partial charge in [-0.1, -0.05) is 5.16 Å². The first kappa shape index (κ1) is 21.5. The van der Waals surface area contributed by atoms with Crippen LogP contribution in [-0.4, -0.2) is 35.6 Å². The lowest BCUT2D eigenvalue weighted by molar-refractivity contribution is -0.117. The van der Waals surface area contributed by atoms with Crippen LogP contribution in [0.2, 0.25) is 0 Å². The maximum Gasteiger partial charge on any atom is 0.227 e. The fourth-order valence-electron chi connectivity index (χ4n) is 3.54. The number of benzene rings is 2. The van der Waals surface area contributed by atoms with Gasteiger partial charge in [0.05, 0.1) is 12.8 Å². The molecule has 1 aliphatic heterocycles. The number of rotatable bonds is 8. The maximum absolute atomic E-state index is 14.4. The van der Waals surface area contributed by atoms with E-state index in [9.17, 15) is 14.0 Å². The molecule has 0 saturated carbocycles. The topological polar surface area (TPSA) is 97.6 Å². The van der Waals surface area contributed by atoms with Crippen molar-refractivity contribution in [3.8, 4) is 17.1 Å². The summed E-state index contributed by atoms with van der Waals surface area (Å²) < 4.78 is 24.8. The van der Waals surface area contributed by atoms with Gasteiger partial charge in [-0.15, -0.1) is 0 Å². The molecular weight excluding hydrogens is 415 g/mol. The standard InChI is InChI=1S/C23H23FN4O4/c1-31-17-10-7-15(8-11-17)23-26-21(32-27-23)5-2-4-20(29)25-16-9-12-19(18(24)14-16)28-13-3-6-22(28)30/h7-12,14H,2-6,13H2,1H3,(H,25,29). The number of aromatic nitrogens is 2. The summed E-state index contributed by atoms with van der Waals surface area (Å²) in [5.74, 6) is 0.784. The molecule has 0 bridgehead atoms. The predicted octanol–water partition coefficient (Wildman–Crippen LogP) is 3.97. The van der Waals surface area contributed by atoms with Crippen molar-refractivity contribution in [1.82, 2.24) is 10.1 Å². The zero-order valence-electron chi connectivity index (χ0n) is 17.6. The number of carbonyl (C=O) groups excluding carboxylic acids is 2. The van der Waals surface area contributed by atoms with Crippen LogP contribution in [-0.2, 0) is 16.0 Å².